The fourth-order valence-electron chi connectivity index (χ4n) is 1.45. The van der Waals surface area contributed by atoms with E-state index in [4.69, 9.17) is 14.2 Å². The van der Waals surface area contributed by atoms with E-state index in [0.717, 1.165) is 0 Å². The maximum absolute atomic E-state index is 11.1. The van der Waals surface area contributed by atoms with E-state index >= 15 is 0 Å². The van der Waals surface area contributed by atoms with Gasteiger partial charge in [-0.2, -0.15) is 0 Å². The van der Waals surface area contributed by atoms with Crippen molar-refractivity contribution in [2.24, 2.45) is 0 Å². The predicted molar refractivity (Wildman–Crippen MR) is 39.1 cm³/mol. The van der Waals surface area contributed by atoms with Gasteiger partial charge in [0.2, 0.25) is 0 Å². The molecule has 1 atom stereocenters. The van der Waals surface area contributed by atoms with Crippen molar-refractivity contribution in [1.82, 2.24) is 0 Å². The zero-order chi connectivity index (χ0) is 8.77. The van der Waals surface area contributed by atoms with Crippen LogP contribution in [0.2, 0.25) is 0 Å². The molecule has 0 spiro atoms. The topological polar surface area (TPSA) is 44.8 Å². The van der Waals surface area contributed by atoms with Gasteiger partial charge >= 0.3 is 5.97 Å². The summed E-state index contributed by atoms with van der Waals surface area (Å²) < 4.78 is 15.6. The third-order valence-electron chi connectivity index (χ3n) is 2.05. The number of carbonyl (C=O) groups excluding carboxylic acids is 1. The van der Waals surface area contributed by atoms with E-state index in [9.17, 15) is 4.79 Å². The molecule has 66 valence electrons. The Morgan fingerprint density at radius 2 is 2.17 bits per heavy atom. The van der Waals surface area contributed by atoms with Gasteiger partial charge in [-0.1, -0.05) is 0 Å². The maximum atomic E-state index is 11.1. The minimum Gasteiger partial charge on any atom is -0.488 e. The molecule has 2 aliphatic rings. The second kappa shape index (κ2) is 2.23. The Balaban J connectivity index is 2.40. The molecule has 0 aliphatic carbocycles. The van der Waals surface area contributed by atoms with Crippen molar-refractivity contribution in [3.8, 4) is 0 Å². The highest BCUT2D eigenvalue weighted by Gasteiger charge is 2.47. The number of rotatable bonds is 0. The number of ether oxygens (including phenoxy) is 3. The summed E-state index contributed by atoms with van der Waals surface area (Å²) >= 11 is 0. The van der Waals surface area contributed by atoms with Crippen LogP contribution >= 0.6 is 0 Å². The van der Waals surface area contributed by atoms with Crippen molar-refractivity contribution in [1.29, 1.82) is 0 Å². The normalized spacial score (nSPS) is 34.3. The summed E-state index contributed by atoms with van der Waals surface area (Å²) in [5.41, 5.74) is 0.511. The van der Waals surface area contributed by atoms with Crippen LogP contribution in [-0.4, -0.2) is 25.0 Å². The number of hydrogen-bond donors (Lipinski definition) is 0. The minimum atomic E-state index is -0.959. The number of carbonyl (C=O) groups is 1. The second-order valence-corrected chi connectivity index (χ2v) is 2.99. The van der Waals surface area contributed by atoms with E-state index in [1.807, 2.05) is 0 Å². The van der Waals surface area contributed by atoms with Crippen molar-refractivity contribution in [2.75, 3.05) is 13.2 Å². The first-order valence-electron chi connectivity index (χ1n) is 3.85. The SMILES string of the molecule is CC1=C2OCCO[C@@]2(C)OC1=O. The summed E-state index contributed by atoms with van der Waals surface area (Å²) in [6, 6.07) is 0. The van der Waals surface area contributed by atoms with Crippen LogP contribution in [0.3, 0.4) is 0 Å². The summed E-state index contributed by atoms with van der Waals surface area (Å²) in [5.74, 6) is -0.785. The van der Waals surface area contributed by atoms with Gasteiger partial charge in [0, 0.05) is 6.92 Å². The summed E-state index contributed by atoms with van der Waals surface area (Å²) in [4.78, 5) is 11.1. The Kier molecular flexibility index (Phi) is 1.41. The molecule has 0 N–H and O–H groups in total. The van der Waals surface area contributed by atoms with Gasteiger partial charge in [-0.15, -0.1) is 0 Å². The molecule has 0 aromatic carbocycles. The largest absolute Gasteiger partial charge is 0.488 e. The van der Waals surface area contributed by atoms with Crippen molar-refractivity contribution in [2.45, 2.75) is 19.6 Å². The maximum Gasteiger partial charge on any atom is 0.340 e. The zero-order valence-electron chi connectivity index (χ0n) is 7.05. The summed E-state index contributed by atoms with van der Waals surface area (Å²) in [6.07, 6.45) is 0. The first-order chi connectivity index (χ1) is 5.63. The average Bonchev–Trinajstić information content (AvgIpc) is 2.24. The van der Waals surface area contributed by atoms with Crippen LogP contribution in [0.15, 0.2) is 11.3 Å². The lowest BCUT2D eigenvalue weighted by Gasteiger charge is -2.30. The molecular weight excluding hydrogens is 160 g/mol. The minimum absolute atomic E-state index is 0.352. The molecule has 4 heteroatoms. The van der Waals surface area contributed by atoms with E-state index in [2.05, 4.69) is 0 Å². The van der Waals surface area contributed by atoms with Crippen LogP contribution in [0.25, 0.3) is 0 Å². The molecule has 0 unspecified atom stereocenters. The smallest absolute Gasteiger partial charge is 0.340 e. The molecule has 0 aromatic heterocycles. The van der Waals surface area contributed by atoms with E-state index in [1.54, 1.807) is 13.8 Å². The molecule has 0 aromatic rings. The standard InChI is InChI=1S/C8H10O4/c1-5-6-8(2,12-7(5)9)11-4-3-10-6/h3-4H2,1-2H3/t8-/m0/s1. The molecule has 2 aliphatic heterocycles. The van der Waals surface area contributed by atoms with Gasteiger partial charge in [0.05, 0.1) is 12.2 Å². The van der Waals surface area contributed by atoms with Gasteiger partial charge in [-0.3, -0.25) is 0 Å². The first kappa shape index (κ1) is 7.61. The molecule has 1 fully saturated rings. The van der Waals surface area contributed by atoms with Crippen LogP contribution < -0.4 is 0 Å². The van der Waals surface area contributed by atoms with Crippen molar-refractivity contribution < 1.29 is 19.0 Å². The molecule has 2 rings (SSSR count). The fourth-order valence-corrected chi connectivity index (χ4v) is 1.45. The average molecular weight is 170 g/mol. The quantitative estimate of drug-likeness (QED) is 0.499. The Bertz CT molecular complexity index is 268. The van der Waals surface area contributed by atoms with E-state index in [-0.39, 0.29) is 5.97 Å². The van der Waals surface area contributed by atoms with Crippen LogP contribution in [0, 0.1) is 0 Å². The summed E-state index contributed by atoms with van der Waals surface area (Å²) in [5, 5.41) is 0. The molecule has 0 saturated carbocycles. The van der Waals surface area contributed by atoms with Crippen molar-refractivity contribution in [3.63, 3.8) is 0 Å². The highest BCUT2D eigenvalue weighted by Crippen LogP contribution is 2.36. The van der Waals surface area contributed by atoms with Crippen molar-refractivity contribution in [3.05, 3.63) is 11.3 Å². The Morgan fingerprint density at radius 1 is 1.42 bits per heavy atom. The van der Waals surface area contributed by atoms with Crippen LogP contribution in [0.1, 0.15) is 13.8 Å². The zero-order valence-corrected chi connectivity index (χ0v) is 7.05. The summed E-state index contributed by atoms with van der Waals surface area (Å²) in [7, 11) is 0. The van der Waals surface area contributed by atoms with Gasteiger partial charge in [-0.25, -0.2) is 4.79 Å². The third-order valence-corrected chi connectivity index (χ3v) is 2.05. The third kappa shape index (κ3) is 0.845. The van der Waals surface area contributed by atoms with Gasteiger partial charge in [0.15, 0.2) is 5.76 Å². The highest BCUT2D eigenvalue weighted by molar-refractivity contribution is 5.91. The van der Waals surface area contributed by atoms with Gasteiger partial charge in [-0.05, 0) is 6.92 Å². The lowest BCUT2D eigenvalue weighted by atomic mass is 10.2. The van der Waals surface area contributed by atoms with Gasteiger partial charge in [0.25, 0.3) is 5.79 Å². The number of fused-ring (bicyclic) bond motifs is 1. The van der Waals surface area contributed by atoms with Gasteiger partial charge < -0.3 is 14.2 Å². The monoisotopic (exact) mass is 170 g/mol. The van der Waals surface area contributed by atoms with Crippen molar-refractivity contribution >= 4 is 5.97 Å². The molecule has 0 amide bonds. The summed E-state index contributed by atoms with van der Waals surface area (Å²) in [6.45, 7) is 4.31. The predicted octanol–water partition coefficient (Wildman–Crippen LogP) is 0.580. The molecule has 0 bridgehead atoms. The van der Waals surface area contributed by atoms with Crippen LogP contribution in [0.4, 0.5) is 0 Å². The van der Waals surface area contributed by atoms with Gasteiger partial charge in [0.1, 0.15) is 6.61 Å². The lowest BCUT2D eigenvalue weighted by molar-refractivity contribution is -0.228. The molecule has 1 saturated heterocycles. The van der Waals surface area contributed by atoms with Crippen LogP contribution in [-0.2, 0) is 19.0 Å². The number of hydrogen-bond acceptors (Lipinski definition) is 4. The lowest BCUT2D eigenvalue weighted by Crippen LogP contribution is -2.38. The van der Waals surface area contributed by atoms with E-state index < -0.39 is 5.79 Å². The molecule has 12 heavy (non-hydrogen) atoms. The number of esters is 1. The first-order valence-corrected chi connectivity index (χ1v) is 3.85. The Labute approximate surface area is 70.1 Å². The second-order valence-electron chi connectivity index (χ2n) is 2.99. The van der Waals surface area contributed by atoms with Crippen LogP contribution in [0.5, 0.6) is 0 Å². The van der Waals surface area contributed by atoms with E-state index in [0.29, 0.717) is 24.5 Å². The molecule has 4 nitrogen and oxygen atoms in total. The molecule has 0 radical (unpaired) electrons. The molecular formula is C8H10O4. The Morgan fingerprint density at radius 3 is 2.83 bits per heavy atom. The Hall–Kier alpha value is -1.03. The fraction of sp³-hybridized carbons (Fsp3) is 0.625. The highest BCUT2D eigenvalue weighted by atomic mass is 16.8. The van der Waals surface area contributed by atoms with E-state index in [1.165, 1.54) is 0 Å². The molecule has 2 heterocycles.